The van der Waals surface area contributed by atoms with Crippen molar-refractivity contribution in [1.29, 1.82) is 0 Å². The van der Waals surface area contributed by atoms with Gasteiger partial charge in [0.05, 0.1) is 5.41 Å². The summed E-state index contributed by atoms with van der Waals surface area (Å²) >= 11 is 0. The fourth-order valence-electron chi connectivity index (χ4n) is 4.70. The van der Waals surface area contributed by atoms with Crippen LogP contribution >= 0.6 is 0 Å². The first-order valence-corrected chi connectivity index (χ1v) is 11.1. The maximum atomic E-state index is 13.2. The van der Waals surface area contributed by atoms with Gasteiger partial charge in [-0.15, -0.1) is 0 Å². The van der Waals surface area contributed by atoms with Gasteiger partial charge in [-0.05, 0) is 69.2 Å². The number of nitrogens with one attached hydrogen (secondary N) is 2. The van der Waals surface area contributed by atoms with Crippen molar-refractivity contribution >= 4 is 23.2 Å². The van der Waals surface area contributed by atoms with Gasteiger partial charge in [-0.3, -0.25) is 9.59 Å². The van der Waals surface area contributed by atoms with Crippen molar-refractivity contribution < 1.29 is 9.59 Å². The molecule has 0 unspecified atom stereocenters. The number of carbonyl (C=O) groups excluding carboxylic acids is 2. The molecule has 3 aliphatic rings. The number of carbonyl (C=O) groups is 2. The van der Waals surface area contributed by atoms with Crippen LogP contribution < -0.4 is 15.5 Å². The van der Waals surface area contributed by atoms with Crippen LogP contribution in [0, 0.1) is 5.41 Å². The zero-order valence-electron chi connectivity index (χ0n) is 16.8. The molecule has 1 aromatic rings. The molecule has 2 aliphatic carbocycles. The minimum absolute atomic E-state index is 0.0175. The molecule has 4 rings (SSSR count). The van der Waals surface area contributed by atoms with Gasteiger partial charge < -0.3 is 15.5 Å². The average Bonchev–Trinajstić information content (AvgIpc) is 3.53. The lowest BCUT2D eigenvalue weighted by Crippen LogP contribution is -2.42. The van der Waals surface area contributed by atoms with Crippen LogP contribution in [0.5, 0.6) is 0 Å². The average molecular weight is 384 g/mol. The molecule has 0 atom stereocenters. The Morgan fingerprint density at radius 2 is 1.57 bits per heavy atom. The summed E-state index contributed by atoms with van der Waals surface area (Å²) in [6.45, 7) is 2.23. The summed E-state index contributed by atoms with van der Waals surface area (Å²) in [5.74, 6) is 0.0591. The third-order valence-electron chi connectivity index (χ3n) is 6.58. The molecule has 1 aromatic carbocycles. The molecule has 1 saturated heterocycles. The molecule has 1 aliphatic heterocycles. The smallest absolute Gasteiger partial charge is 0.231 e. The number of anilines is 2. The van der Waals surface area contributed by atoms with Crippen LogP contribution in [0.3, 0.4) is 0 Å². The summed E-state index contributed by atoms with van der Waals surface area (Å²) in [6, 6.07) is 8.56. The number of amides is 2. The monoisotopic (exact) mass is 383 g/mol. The number of hydrogen-bond acceptors (Lipinski definition) is 3. The molecular weight excluding hydrogens is 350 g/mol. The third-order valence-corrected chi connectivity index (χ3v) is 6.58. The van der Waals surface area contributed by atoms with Crippen LogP contribution in [0.15, 0.2) is 24.3 Å². The van der Waals surface area contributed by atoms with E-state index in [9.17, 15) is 9.59 Å². The standard InChI is InChI=1S/C23H33N3O2/c27-21(24-18-7-8-18)17-23(13-3-1-4-14-23)22(28)25-19-9-11-20(12-10-19)26-15-5-2-6-16-26/h9-12,18H,1-8,13-17H2,(H,24,27)(H,25,28). The second kappa shape index (κ2) is 8.54. The van der Waals surface area contributed by atoms with Crippen molar-refractivity contribution in [3.63, 3.8) is 0 Å². The Bertz CT molecular complexity index is 684. The Balaban J connectivity index is 1.40. The Kier molecular flexibility index (Phi) is 5.88. The topological polar surface area (TPSA) is 61.4 Å². The van der Waals surface area contributed by atoms with E-state index in [1.807, 2.05) is 12.1 Å². The molecular formula is C23H33N3O2. The summed E-state index contributed by atoms with van der Waals surface area (Å²) in [5, 5.41) is 6.18. The van der Waals surface area contributed by atoms with Gasteiger partial charge in [-0.1, -0.05) is 19.3 Å². The van der Waals surface area contributed by atoms with E-state index in [-0.39, 0.29) is 11.8 Å². The molecule has 0 aromatic heterocycles. The van der Waals surface area contributed by atoms with E-state index in [0.29, 0.717) is 12.5 Å². The Labute approximate surface area is 168 Å². The molecule has 0 radical (unpaired) electrons. The molecule has 1 heterocycles. The van der Waals surface area contributed by atoms with Crippen molar-refractivity contribution in [3.8, 4) is 0 Å². The van der Waals surface area contributed by atoms with Crippen LogP contribution in [0.2, 0.25) is 0 Å². The number of rotatable bonds is 6. The predicted octanol–water partition coefficient (Wildman–Crippen LogP) is 4.23. The third kappa shape index (κ3) is 4.68. The zero-order valence-corrected chi connectivity index (χ0v) is 16.8. The summed E-state index contributed by atoms with van der Waals surface area (Å²) in [4.78, 5) is 28.1. The molecule has 5 heteroatoms. The first kappa shape index (κ1) is 19.3. The summed E-state index contributed by atoms with van der Waals surface area (Å²) in [5.41, 5.74) is 1.51. The van der Waals surface area contributed by atoms with Gasteiger partial charge in [0.2, 0.25) is 11.8 Å². The normalized spacial score (nSPS) is 21.8. The van der Waals surface area contributed by atoms with Crippen molar-refractivity contribution in [2.24, 2.45) is 5.41 Å². The number of nitrogens with zero attached hydrogens (tertiary/aromatic N) is 1. The quantitative estimate of drug-likeness (QED) is 0.773. The van der Waals surface area contributed by atoms with Crippen LogP contribution in [0.25, 0.3) is 0 Å². The van der Waals surface area contributed by atoms with Gasteiger partial charge in [0.1, 0.15) is 0 Å². The number of hydrogen-bond donors (Lipinski definition) is 2. The first-order valence-electron chi connectivity index (χ1n) is 11.1. The highest BCUT2D eigenvalue weighted by atomic mass is 16.2. The molecule has 152 valence electrons. The highest BCUT2D eigenvalue weighted by Crippen LogP contribution is 2.41. The maximum Gasteiger partial charge on any atom is 0.231 e. The lowest BCUT2D eigenvalue weighted by atomic mass is 9.71. The molecule has 28 heavy (non-hydrogen) atoms. The summed E-state index contributed by atoms with van der Waals surface area (Å²) < 4.78 is 0. The van der Waals surface area contributed by atoms with Gasteiger partial charge in [0.25, 0.3) is 0 Å². The molecule has 5 nitrogen and oxygen atoms in total. The molecule has 3 fully saturated rings. The van der Waals surface area contributed by atoms with Gasteiger partial charge in [0, 0.05) is 36.9 Å². The van der Waals surface area contributed by atoms with Gasteiger partial charge in [0.15, 0.2) is 0 Å². The lowest BCUT2D eigenvalue weighted by Gasteiger charge is -2.35. The van der Waals surface area contributed by atoms with E-state index in [2.05, 4.69) is 27.7 Å². The van der Waals surface area contributed by atoms with E-state index in [1.54, 1.807) is 0 Å². The molecule has 2 saturated carbocycles. The van der Waals surface area contributed by atoms with Gasteiger partial charge >= 0.3 is 0 Å². The Morgan fingerprint density at radius 1 is 0.929 bits per heavy atom. The molecule has 0 bridgehead atoms. The van der Waals surface area contributed by atoms with Crippen LogP contribution in [-0.2, 0) is 9.59 Å². The summed E-state index contributed by atoms with van der Waals surface area (Å²) in [7, 11) is 0. The fourth-order valence-corrected chi connectivity index (χ4v) is 4.70. The Hall–Kier alpha value is -2.04. The van der Waals surface area contributed by atoms with Crippen molar-refractivity contribution in [3.05, 3.63) is 24.3 Å². The highest BCUT2D eigenvalue weighted by Gasteiger charge is 2.42. The van der Waals surface area contributed by atoms with E-state index in [4.69, 9.17) is 0 Å². The van der Waals surface area contributed by atoms with E-state index in [1.165, 1.54) is 24.9 Å². The molecule has 0 spiro atoms. The van der Waals surface area contributed by atoms with Crippen LogP contribution in [-0.4, -0.2) is 30.9 Å². The van der Waals surface area contributed by atoms with Crippen molar-refractivity contribution in [2.45, 2.75) is 76.7 Å². The second-order valence-corrected chi connectivity index (χ2v) is 8.91. The van der Waals surface area contributed by atoms with Gasteiger partial charge in [-0.2, -0.15) is 0 Å². The lowest BCUT2D eigenvalue weighted by molar-refractivity contribution is -0.134. The minimum atomic E-state index is -0.553. The Morgan fingerprint density at radius 3 is 2.21 bits per heavy atom. The maximum absolute atomic E-state index is 13.2. The van der Waals surface area contributed by atoms with E-state index in [0.717, 1.165) is 63.7 Å². The van der Waals surface area contributed by atoms with E-state index >= 15 is 0 Å². The van der Waals surface area contributed by atoms with Gasteiger partial charge in [-0.25, -0.2) is 0 Å². The molecule has 2 N–H and O–H groups in total. The first-order chi connectivity index (χ1) is 13.6. The number of benzene rings is 1. The molecule has 2 amide bonds. The SMILES string of the molecule is O=C(CC1(C(=O)Nc2ccc(N3CCCCC3)cc2)CCCCC1)NC1CC1. The predicted molar refractivity (Wildman–Crippen MR) is 112 cm³/mol. The number of piperidine rings is 1. The largest absolute Gasteiger partial charge is 0.372 e. The summed E-state index contributed by atoms with van der Waals surface area (Å²) in [6.07, 6.45) is 11.1. The fraction of sp³-hybridized carbons (Fsp3) is 0.652. The second-order valence-electron chi connectivity index (χ2n) is 8.91. The van der Waals surface area contributed by atoms with E-state index < -0.39 is 5.41 Å². The minimum Gasteiger partial charge on any atom is -0.372 e. The van der Waals surface area contributed by atoms with Crippen LogP contribution in [0.4, 0.5) is 11.4 Å². The van der Waals surface area contributed by atoms with Crippen LogP contribution in [0.1, 0.15) is 70.6 Å². The van der Waals surface area contributed by atoms with Crippen molar-refractivity contribution in [2.75, 3.05) is 23.3 Å². The highest BCUT2D eigenvalue weighted by molar-refractivity contribution is 5.98. The zero-order chi connectivity index (χ0) is 19.4. The van der Waals surface area contributed by atoms with Crippen molar-refractivity contribution in [1.82, 2.24) is 5.32 Å².